The van der Waals surface area contributed by atoms with Crippen LogP contribution in [0, 0.1) is 19.8 Å². The summed E-state index contributed by atoms with van der Waals surface area (Å²) >= 11 is 0. The molecule has 6 heteroatoms. The van der Waals surface area contributed by atoms with Crippen LogP contribution in [0.4, 0.5) is 0 Å². The number of sulfonamides is 1. The molecule has 0 amide bonds. The lowest BCUT2D eigenvalue weighted by Crippen LogP contribution is -2.57. The fourth-order valence-electron chi connectivity index (χ4n) is 5.10. The van der Waals surface area contributed by atoms with Crippen molar-refractivity contribution in [2.75, 3.05) is 25.9 Å². The van der Waals surface area contributed by atoms with Gasteiger partial charge in [-0.3, -0.25) is 4.90 Å². The zero-order chi connectivity index (χ0) is 17.1. The van der Waals surface area contributed by atoms with Gasteiger partial charge in [0.05, 0.1) is 6.26 Å². The van der Waals surface area contributed by atoms with Gasteiger partial charge in [0, 0.05) is 31.7 Å². The van der Waals surface area contributed by atoms with E-state index >= 15 is 0 Å². The highest BCUT2D eigenvalue weighted by molar-refractivity contribution is 7.88. The number of piperidine rings is 2. The molecule has 0 N–H and O–H groups in total. The van der Waals surface area contributed by atoms with Gasteiger partial charge in [0.1, 0.15) is 0 Å². The third-order valence-corrected chi connectivity index (χ3v) is 7.76. The monoisotopic (exact) mass is 384 g/mol. The molecule has 1 aromatic carbocycles. The number of halogens is 1. The summed E-state index contributed by atoms with van der Waals surface area (Å²) in [5.41, 5.74) is 5.63. The highest BCUT2D eigenvalue weighted by Crippen LogP contribution is 2.43. The second-order valence-corrected chi connectivity index (χ2v) is 9.91. The molecule has 0 bridgehead atoms. The number of aryl methyl sites for hydroxylation is 2. The summed E-state index contributed by atoms with van der Waals surface area (Å²) in [5.74, 6) is 0.498. The predicted molar refractivity (Wildman–Crippen MR) is 104 cm³/mol. The van der Waals surface area contributed by atoms with E-state index in [4.69, 9.17) is 0 Å². The van der Waals surface area contributed by atoms with E-state index in [1.807, 2.05) is 0 Å². The fourth-order valence-corrected chi connectivity index (χ4v) is 6.31. The Morgan fingerprint density at radius 2 is 1.84 bits per heavy atom. The lowest BCUT2D eigenvalue weighted by atomic mass is 9.77. The van der Waals surface area contributed by atoms with Crippen LogP contribution in [0.5, 0.6) is 0 Å². The van der Waals surface area contributed by atoms with Gasteiger partial charge in [-0.1, -0.05) is 12.1 Å². The number of hydrogen-bond acceptors (Lipinski definition) is 3. The molecule has 0 saturated carbocycles. The molecule has 140 valence electrons. The first kappa shape index (κ1) is 19.2. The topological polar surface area (TPSA) is 40.6 Å². The number of nitrogens with zero attached hydrogens (tertiary/aromatic N) is 2. The maximum atomic E-state index is 12.3. The molecule has 0 radical (unpaired) electrons. The summed E-state index contributed by atoms with van der Waals surface area (Å²) in [6.45, 7) is 7.23. The molecule has 3 atom stereocenters. The Kier molecular flexibility index (Phi) is 5.24. The van der Waals surface area contributed by atoms with E-state index in [9.17, 15) is 8.42 Å². The molecule has 3 aliphatic rings. The van der Waals surface area contributed by atoms with E-state index in [2.05, 4.69) is 30.9 Å². The Labute approximate surface area is 158 Å². The molecular weight excluding hydrogens is 356 g/mol. The van der Waals surface area contributed by atoms with Crippen LogP contribution in [0.3, 0.4) is 0 Å². The molecule has 1 aromatic rings. The normalized spacial score (nSPS) is 30.0. The summed E-state index contributed by atoms with van der Waals surface area (Å²) in [7, 11) is -3.11. The molecule has 0 spiro atoms. The van der Waals surface area contributed by atoms with Gasteiger partial charge < -0.3 is 0 Å². The average molecular weight is 385 g/mol. The second kappa shape index (κ2) is 6.84. The van der Waals surface area contributed by atoms with E-state index in [1.165, 1.54) is 34.9 Å². The largest absolute Gasteiger partial charge is 0.296 e. The van der Waals surface area contributed by atoms with Crippen molar-refractivity contribution in [2.24, 2.45) is 5.92 Å². The smallest absolute Gasteiger partial charge is 0.211 e. The minimum absolute atomic E-state index is 0. The van der Waals surface area contributed by atoms with Gasteiger partial charge in [-0.05, 0) is 67.7 Å². The van der Waals surface area contributed by atoms with Gasteiger partial charge in [-0.25, -0.2) is 8.42 Å². The Bertz CT molecular complexity index is 765. The minimum Gasteiger partial charge on any atom is -0.296 e. The van der Waals surface area contributed by atoms with Gasteiger partial charge in [-0.15, -0.1) is 12.4 Å². The summed E-state index contributed by atoms with van der Waals surface area (Å²) in [5, 5.41) is 0. The maximum Gasteiger partial charge on any atom is 0.211 e. The first-order valence-electron chi connectivity index (χ1n) is 9.15. The fraction of sp³-hybridized carbons (Fsp3) is 0.684. The van der Waals surface area contributed by atoms with E-state index in [-0.39, 0.29) is 18.4 Å². The van der Waals surface area contributed by atoms with Crippen LogP contribution >= 0.6 is 12.4 Å². The third-order valence-electron chi connectivity index (χ3n) is 6.45. The Hall–Kier alpha value is -0.620. The van der Waals surface area contributed by atoms with Gasteiger partial charge in [-0.2, -0.15) is 4.31 Å². The van der Waals surface area contributed by atoms with Crippen LogP contribution in [0.15, 0.2) is 12.1 Å². The number of hydrogen-bond donors (Lipinski definition) is 0. The molecule has 0 aliphatic carbocycles. The summed E-state index contributed by atoms with van der Waals surface area (Å²) in [6, 6.07) is 5.28. The van der Waals surface area contributed by atoms with Crippen molar-refractivity contribution in [1.29, 1.82) is 0 Å². The molecular formula is C19H29ClN2O2S. The van der Waals surface area contributed by atoms with Crippen molar-refractivity contribution < 1.29 is 8.42 Å². The number of fused-ring (bicyclic) bond motifs is 4. The van der Waals surface area contributed by atoms with E-state index in [1.54, 1.807) is 4.31 Å². The van der Waals surface area contributed by atoms with Crippen molar-refractivity contribution in [3.05, 3.63) is 34.4 Å². The van der Waals surface area contributed by atoms with Crippen molar-refractivity contribution >= 4 is 22.4 Å². The van der Waals surface area contributed by atoms with Crippen LogP contribution in [0.25, 0.3) is 0 Å². The standard InChI is InChI=1S/C19H28N2O2S.ClH/c1-13-9-15-6-8-20-12-16-5-4-7-21(24(3,22)23)18(16)11-19(20)17(15)10-14(13)2;/h9-10,16,18-19H,4-8,11-12H2,1-3H3;1H/t16-,18+,19-;/m1./s1. The molecule has 3 heterocycles. The predicted octanol–water partition coefficient (Wildman–Crippen LogP) is 3.07. The minimum atomic E-state index is -3.11. The zero-order valence-electron chi connectivity index (χ0n) is 15.4. The first-order valence-corrected chi connectivity index (χ1v) is 11.0. The van der Waals surface area contributed by atoms with Gasteiger partial charge in [0.2, 0.25) is 10.0 Å². The molecule has 4 rings (SSSR count). The van der Waals surface area contributed by atoms with Gasteiger partial charge in [0.25, 0.3) is 0 Å². The van der Waals surface area contributed by atoms with Crippen LogP contribution in [0.1, 0.15) is 47.6 Å². The maximum absolute atomic E-state index is 12.3. The van der Waals surface area contributed by atoms with E-state index in [0.717, 1.165) is 32.4 Å². The summed E-state index contributed by atoms with van der Waals surface area (Å²) in [6.07, 6.45) is 5.62. The molecule has 2 fully saturated rings. The first-order chi connectivity index (χ1) is 11.3. The highest BCUT2D eigenvalue weighted by Gasteiger charge is 2.44. The molecule has 0 aromatic heterocycles. The number of rotatable bonds is 1. The highest BCUT2D eigenvalue weighted by atomic mass is 35.5. The summed E-state index contributed by atoms with van der Waals surface area (Å²) in [4.78, 5) is 2.62. The second-order valence-electron chi connectivity index (χ2n) is 7.98. The molecule has 0 unspecified atom stereocenters. The van der Waals surface area contributed by atoms with Crippen LogP contribution in [-0.4, -0.2) is 49.6 Å². The lowest BCUT2D eigenvalue weighted by Gasteiger charge is -2.51. The van der Waals surface area contributed by atoms with Crippen LogP contribution in [0.2, 0.25) is 0 Å². The third kappa shape index (κ3) is 3.36. The van der Waals surface area contributed by atoms with Crippen molar-refractivity contribution in [1.82, 2.24) is 9.21 Å². The van der Waals surface area contributed by atoms with E-state index in [0.29, 0.717) is 18.5 Å². The Morgan fingerprint density at radius 1 is 1.12 bits per heavy atom. The summed E-state index contributed by atoms with van der Waals surface area (Å²) < 4.78 is 26.3. The SMILES string of the molecule is Cc1cc2c(cc1C)[C@H]1C[C@H]3[C@H](CCCN3S(C)(=O)=O)CN1CC2.Cl. The quantitative estimate of drug-likeness (QED) is 0.747. The van der Waals surface area contributed by atoms with E-state index < -0.39 is 10.0 Å². The van der Waals surface area contributed by atoms with Crippen molar-refractivity contribution in [3.8, 4) is 0 Å². The van der Waals surface area contributed by atoms with Crippen molar-refractivity contribution in [3.63, 3.8) is 0 Å². The van der Waals surface area contributed by atoms with Crippen molar-refractivity contribution in [2.45, 2.75) is 51.6 Å². The molecule has 2 saturated heterocycles. The Balaban J connectivity index is 0.00000182. The molecule has 4 nitrogen and oxygen atoms in total. The van der Waals surface area contributed by atoms with Crippen LogP contribution < -0.4 is 0 Å². The van der Waals surface area contributed by atoms with Gasteiger partial charge in [0.15, 0.2) is 0 Å². The molecule has 3 aliphatic heterocycles. The van der Waals surface area contributed by atoms with Gasteiger partial charge >= 0.3 is 0 Å². The zero-order valence-corrected chi connectivity index (χ0v) is 17.0. The lowest BCUT2D eigenvalue weighted by molar-refractivity contribution is 0.0222. The number of benzene rings is 1. The van der Waals surface area contributed by atoms with Crippen LogP contribution in [-0.2, 0) is 16.4 Å². The molecule has 25 heavy (non-hydrogen) atoms. The average Bonchev–Trinajstić information content (AvgIpc) is 2.53. The Morgan fingerprint density at radius 3 is 2.56 bits per heavy atom.